The van der Waals surface area contributed by atoms with Crippen molar-refractivity contribution >= 4 is 29.1 Å². The monoisotopic (exact) mass is 485 g/mol. The molecular weight excluding hydrogens is 458 g/mol. The molecule has 9 nitrogen and oxygen atoms in total. The number of hydrogen-bond donors (Lipinski definition) is 4. The molecule has 0 saturated heterocycles. The van der Waals surface area contributed by atoms with Crippen molar-refractivity contribution in [3.63, 3.8) is 0 Å². The molecule has 3 rings (SSSR count). The van der Waals surface area contributed by atoms with Crippen LogP contribution in [0.3, 0.4) is 0 Å². The van der Waals surface area contributed by atoms with Gasteiger partial charge in [-0.05, 0) is 50.2 Å². The summed E-state index contributed by atoms with van der Waals surface area (Å²) >= 11 is 5.96. The van der Waals surface area contributed by atoms with Crippen molar-refractivity contribution < 1.29 is 19.4 Å². The lowest BCUT2D eigenvalue weighted by Gasteiger charge is -2.28. The number of benzene rings is 2. The molecule has 10 heteroatoms. The van der Waals surface area contributed by atoms with Gasteiger partial charge in [0.05, 0.1) is 5.56 Å². The van der Waals surface area contributed by atoms with E-state index in [0.29, 0.717) is 53.9 Å². The van der Waals surface area contributed by atoms with Gasteiger partial charge < -0.3 is 25.2 Å². The molecule has 0 saturated carbocycles. The van der Waals surface area contributed by atoms with Crippen molar-refractivity contribution in [1.82, 2.24) is 10.7 Å². The second-order valence-electron chi connectivity index (χ2n) is 8.50. The lowest BCUT2D eigenvalue weighted by Crippen LogP contribution is -2.49. The number of rotatable bonds is 10. The summed E-state index contributed by atoms with van der Waals surface area (Å²) in [6.45, 7) is 4.98. The fourth-order valence-electron chi connectivity index (χ4n) is 3.04. The molecule has 1 atom stereocenters. The first-order valence-corrected chi connectivity index (χ1v) is 11.2. The van der Waals surface area contributed by atoms with Gasteiger partial charge in [-0.25, -0.2) is 5.43 Å². The lowest BCUT2D eigenvalue weighted by atomic mass is 10.1. The van der Waals surface area contributed by atoms with Gasteiger partial charge in [-0.2, -0.15) is 5.26 Å². The molecule has 1 aliphatic heterocycles. The maximum Gasteiger partial charge on any atom is 0.240 e. The highest BCUT2D eigenvalue weighted by Gasteiger charge is 2.19. The zero-order valence-corrected chi connectivity index (χ0v) is 19.9. The van der Waals surface area contributed by atoms with Gasteiger partial charge in [0, 0.05) is 48.2 Å². The minimum atomic E-state index is -0.770. The average molecular weight is 486 g/mol. The third kappa shape index (κ3) is 7.92. The minimum Gasteiger partial charge on any atom is -0.489 e. The Balaban J connectivity index is 1.41. The van der Waals surface area contributed by atoms with E-state index in [2.05, 4.69) is 21.2 Å². The van der Waals surface area contributed by atoms with Gasteiger partial charge in [0.25, 0.3) is 0 Å². The second-order valence-corrected chi connectivity index (χ2v) is 8.94. The third-order valence-corrected chi connectivity index (χ3v) is 5.24. The number of hydrogen-bond acceptors (Lipinski definition) is 8. The number of carbonyl (C=O) groups is 1. The number of nitriles is 1. The number of hydrazone groups is 1. The quantitative estimate of drug-likeness (QED) is 0.407. The molecule has 1 heterocycles. The molecule has 34 heavy (non-hydrogen) atoms. The summed E-state index contributed by atoms with van der Waals surface area (Å²) in [5.41, 5.74) is 3.36. The maximum atomic E-state index is 11.1. The summed E-state index contributed by atoms with van der Waals surface area (Å²) in [6, 6.07) is 14.3. The van der Waals surface area contributed by atoms with Gasteiger partial charge in [0.2, 0.25) is 11.8 Å². The first kappa shape index (κ1) is 25.3. The predicted octanol–water partition coefficient (Wildman–Crippen LogP) is 3.03. The molecule has 0 unspecified atom stereocenters. The van der Waals surface area contributed by atoms with E-state index in [4.69, 9.17) is 26.3 Å². The summed E-state index contributed by atoms with van der Waals surface area (Å²) in [4.78, 5) is 11.1. The Bertz CT molecular complexity index is 1070. The van der Waals surface area contributed by atoms with Gasteiger partial charge in [-0.3, -0.25) is 4.79 Å². The van der Waals surface area contributed by atoms with Crippen molar-refractivity contribution in [3.8, 4) is 17.6 Å². The Morgan fingerprint density at radius 2 is 2.03 bits per heavy atom. The fourth-order valence-corrected chi connectivity index (χ4v) is 3.20. The number of ether oxygens (including phenoxy) is 2. The van der Waals surface area contributed by atoms with Crippen LogP contribution in [0.4, 0.5) is 5.69 Å². The number of halogens is 1. The molecule has 4 N–H and O–H groups in total. The van der Waals surface area contributed by atoms with Crippen molar-refractivity contribution in [2.45, 2.75) is 38.3 Å². The summed E-state index contributed by atoms with van der Waals surface area (Å²) in [5.74, 6) is 1.35. The van der Waals surface area contributed by atoms with Crippen LogP contribution < -0.4 is 25.5 Å². The zero-order valence-electron chi connectivity index (χ0n) is 19.1. The molecule has 1 aliphatic rings. The Morgan fingerprint density at radius 3 is 2.71 bits per heavy atom. The van der Waals surface area contributed by atoms with E-state index in [1.54, 1.807) is 18.2 Å². The van der Waals surface area contributed by atoms with E-state index >= 15 is 0 Å². The van der Waals surface area contributed by atoms with Crippen LogP contribution >= 0.6 is 11.6 Å². The molecule has 0 aliphatic carbocycles. The first-order valence-electron chi connectivity index (χ1n) is 10.9. The van der Waals surface area contributed by atoms with Gasteiger partial charge >= 0.3 is 0 Å². The third-order valence-electron chi connectivity index (χ3n) is 5.01. The highest BCUT2D eigenvalue weighted by molar-refractivity contribution is 6.30. The zero-order chi connectivity index (χ0) is 24.6. The van der Waals surface area contributed by atoms with Crippen LogP contribution in [0.15, 0.2) is 47.6 Å². The molecule has 0 spiro atoms. The standard InChI is InChI=1S/C24H28ClN5O4/c1-24(2,28-13-19(31)14-33-21-11-17(25)4-3-16(21)12-26)15-27-18-5-7-20(8-6-18)34-23-10-9-22(32)29-30-23/h3-8,11,19,27-28,31H,9-10,13-15H2,1-2H3,(H,29,32)/t19-/m0/s1. The molecule has 2 aromatic rings. The van der Waals surface area contributed by atoms with E-state index in [0.717, 1.165) is 5.69 Å². The van der Waals surface area contributed by atoms with Crippen molar-refractivity contribution in [1.29, 1.82) is 5.26 Å². The highest BCUT2D eigenvalue weighted by atomic mass is 35.5. The Morgan fingerprint density at radius 1 is 1.26 bits per heavy atom. The van der Waals surface area contributed by atoms with E-state index in [1.807, 2.05) is 44.2 Å². The minimum absolute atomic E-state index is 0.0297. The molecule has 2 aromatic carbocycles. The summed E-state index contributed by atoms with van der Waals surface area (Å²) in [6.07, 6.45) is 0.0676. The number of β-amino-alcohol motifs (C(OH)–C–C–N with tert-alkyl or cyclic N) is 1. The molecule has 180 valence electrons. The molecule has 0 bridgehead atoms. The molecule has 0 fully saturated rings. The van der Waals surface area contributed by atoms with Gasteiger partial charge in [0.1, 0.15) is 30.3 Å². The van der Waals surface area contributed by atoms with Crippen molar-refractivity contribution in [2.24, 2.45) is 5.10 Å². The van der Waals surface area contributed by atoms with Crippen LogP contribution in [-0.4, -0.2) is 48.3 Å². The number of aliphatic hydroxyl groups excluding tert-OH is 1. The summed E-state index contributed by atoms with van der Waals surface area (Å²) in [5, 5.41) is 30.5. The Labute approximate surface area is 203 Å². The average Bonchev–Trinajstić information content (AvgIpc) is 2.82. The number of anilines is 1. The van der Waals surface area contributed by atoms with Crippen molar-refractivity contribution in [2.75, 3.05) is 25.0 Å². The topological polar surface area (TPSA) is 128 Å². The number of nitrogens with one attached hydrogen (secondary N) is 3. The molecule has 1 amide bonds. The Kier molecular flexibility index (Phi) is 8.71. The second kappa shape index (κ2) is 11.7. The van der Waals surface area contributed by atoms with Crippen LogP contribution in [-0.2, 0) is 4.79 Å². The number of nitrogens with zero attached hydrogens (tertiary/aromatic N) is 2. The van der Waals surface area contributed by atoms with Gasteiger partial charge in [-0.1, -0.05) is 11.6 Å². The van der Waals surface area contributed by atoms with Crippen LogP contribution in [0.5, 0.6) is 11.5 Å². The lowest BCUT2D eigenvalue weighted by molar-refractivity contribution is -0.121. The maximum absolute atomic E-state index is 11.1. The van der Waals surface area contributed by atoms with Crippen LogP contribution in [0.25, 0.3) is 0 Å². The molecular formula is C24H28ClN5O4. The normalized spacial score (nSPS) is 14.4. The predicted molar refractivity (Wildman–Crippen MR) is 130 cm³/mol. The number of carbonyl (C=O) groups excluding carboxylic acids is 1. The van der Waals surface area contributed by atoms with E-state index in [1.165, 1.54) is 0 Å². The molecule has 0 aromatic heterocycles. The van der Waals surface area contributed by atoms with E-state index in [-0.39, 0.29) is 18.1 Å². The summed E-state index contributed by atoms with van der Waals surface area (Å²) < 4.78 is 11.3. The molecule has 0 radical (unpaired) electrons. The largest absolute Gasteiger partial charge is 0.489 e. The Hall–Kier alpha value is -3.32. The van der Waals surface area contributed by atoms with E-state index < -0.39 is 6.10 Å². The summed E-state index contributed by atoms with van der Waals surface area (Å²) in [7, 11) is 0. The van der Waals surface area contributed by atoms with Gasteiger partial charge in [0.15, 0.2) is 0 Å². The van der Waals surface area contributed by atoms with Crippen molar-refractivity contribution in [3.05, 3.63) is 53.1 Å². The highest BCUT2D eigenvalue weighted by Crippen LogP contribution is 2.23. The SMILES string of the molecule is CC(C)(CNc1ccc(OC2=NNC(=O)CC2)cc1)NC[C@H](O)COc1cc(Cl)ccc1C#N. The van der Waals surface area contributed by atoms with Gasteiger partial charge in [-0.15, -0.1) is 5.10 Å². The smallest absolute Gasteiger partial charge is 0.240 e. The fraction of sp³-hybridized carbons (Fsp3) is 0.375. The van der Waals surface area contributed by atoms with E-state index in [9.17, 15) is 9.90 Å². The van der Waals surface area contributed by atoms with Crippen LogP contribution in [0.1, 0.15) is 32.3 Å². The van der Waals surface area contributed by atoms with Crippen LogP contribution in [0, 0.1) is 11.3 Å². The first-order chi connectivity index (χ1) is 16.2. The number of amides is 1. The number of aliphatic hydroxyl groups is 1. The van der Waals surface area contributed by atoms with Crippen LogP contribution in [0.2, 0.25) is 5.02 Å².